The summed E-state index contributed by atoms with van der Waals surface area (Å²) in [5.74, 6) is -0.779. The zero-order chi connectivity index (χ0) is 20.9. The molecule has 150 valence electrons. The van der Waals surface area contributed by atoms with Gasteiger partial charge in [0.25, 0.3) is 5.69 Å². The summed E-state index contributed by atoms with van der Waals surface area (Å²) in [5.41, 5.74) is 4.76. The van der Waals surface area contributed by atoms with Crippen molar-refractivity contribution in [1.82, 2.24) is 0 Å². The number of non-ortho nitro benzene ring substituents is 1. The highest BCUT2D eigenvalue weighted by Gasteiger charge is 2.30. The third-order valence-corrected chi connectivity index (χ3v) is 3.67. The van der Waals surface area contributed by atoms with Crippen LogP contribution in [0.1, 0.15) is 18.1 Å². The number of nitrogens with zero attached hydrogens (tertiary/aromatic N) is 1. The molecule has 0 aromatic heterocycles. The minimum absolute atomic E-state index is 0.0460. The van der Waals surface area contributed by atoms with Crippen LogP contribution < -0.4 is 10.5 Å². The van der Waals surface area contributed by atoms with Crippen molar-refractivity contribution in [3.8, 4) is 11.5 Å². The van der Waals surface area contributed by atoms with Crippen molar-refractivity contribution in [2.75, 3.05) is 6.61 Å². The van der Waals surface area contributed by atoms with Gasteiger partial charge >= 0.3 is 12.1 Å². The second-order valence-electron chi connectivity index (χ2n) is 5.74. The van der Waals surface area contributed by atoms with Gasteiger partial charge in [-0.3, -0.25) is 14.9 Å². The van der Waals surface area contributed by atoms with Crippen molar-refractivity contribution in [3.63, 3.8) is 0 Å². The fourth-order valence-corrected chi connectivity index (χ4v) is 2.37. The van der Waals surface area contributed by atoms with Crippen molar-refractivity contribution in [2.24, 2.45) is 5.73 Å². The zero-order valence-corrected chi connectivity index (χ0v) is 14.7. The van der Waals surface area contributed by atoms with Crippen molar-refractivity contribution < 1.29 is 32.4 Å². The van der Waals surface area contributed by atoms with E-state index in [-0.39, 0.29) is 35.8 Å². The van der Waals surface area contributed by atoms with Crippen LogP contribution >= 0.6 is 0 Å². The molecule has 0 amide bonds. The van der Waals surface area contributed by atoms with Crippen LogP contribution in [0.3, 0.4) is 0 Å². The van der Waals surface area contributed by atoms with E-state index in [2.05, 4.69) is 0 Å². The molecule has 10 heteroatoms. The van der Waals surface area contributed by atoms with Gasteiger partial charge < -0.3 is 15.2 Å². The van der Waals surface area contributed by atoms with Gasteiger partial charge in [-0.25, -0.2) is 0 Å². The molecule has 0 aliphatic rings. The molecule has 0 aliphatic heterocycles. The molecular formula is C18H17F3N2O5. The largest absolute Gasteiger partial charge is 0.465 e. The van der Waals surface area contributed by atoms with Gasteiger partial charge in [0.15, 0.2) is 0 Å². The smallest absolute Gasteiger partial charge is 0.416 e. The van der Waals surface area contributed by atoms with Crippen LogP contribution in [-0.2, 0) is 22.1 Å². The predicted octanol–water partition coefficient (Wildman–Crippen LogP) is 3.84. The van der Waals surface area contributed by atoms with Crippen molar-refractivity contribution in [3.05, 3.63) is 63.7 Å². The maximum absolute atomic E-state index is 12.9. The lowest BCUT2D eigenvalue weighted by Gasteiger charge is -2.15. The first-order chi connectivity index (χ1) is 13.1. The Morgan fingerprint density at radius 2 is 1.96 bits per heavy atom. The third kappa shape index (κ3) is 5.43. The van der Waals surface area contributed by atoms with E-state index in [9.17, 15) is 28.1 Å². The molecule has 0 bridgehead atoms. The van der Waals surface area contributed by atoms with Crippen LogP contribution in [-0.4, -0.2) is 23.5 Å². The predicted molar refractivity (Wildman–Crippen MR) is 92.9 cm³/mol. The molecule has 0 fully saturated rings. The number of ether oxygens (including phenoxy) is 2. The summed E-state index contributed by atoms with van der Waals surface area (Å²) in [6.07, 6.45) is -4.71. The maximum atomic E-state index is 12.9. The van der Waals surface area contributed by atoms with Crippen molar-refractivity contribution in [2.45, 2.75) is 25.6 Å². The Labute approximate surface area is 158 Å². The minimum Gasteiger partial charge on any atom is -0.465 e. The van der Waals surface area contributed by atoms with E-state index in [1.807, 2.05) is 0 Å². The fraction of sp³-hybridized carbons (Fsp3) is 0.278. The molecule has 0 spiro atoms. The summed E-state index contributed by atoms with van der Waals surface area (Å²) < 4.78 is 48.9. The summed E-state index contributed by atoms with van der Waals surface area (Å²) in [4.78, 5) is 22.1. The van der Waals surface area contributed by atoms with Gasteiger partial charge in [0.2, 0.25) is 0 Å². The molecule has 2 N–H and O–H groups in total. The SMILES string of the molecule is CCOC(=O)C(N)Cc1cc([N+](=O)[O-])ccc1Oc1cccc(C(F)(F)F)c1. The molecule has 0 saturated carbocycles. The number of nitro benzene ring substituents is 1. The molecule has 1 atom stereocenters. The van der Waals surface area contributed by atoms with Gasteiger partial charge in [0.1, 0.15) is 17.5 Å². The average molecular weight is 398 g/mol. The molecule has 0 aliphatic carbocycles. The number of carbonyl (C=O) groups is 1. The lowest BCUT2D eigenvalue weighted by molar-refractivity contribution is -0.384. The first-order valence-corrected chi connectivity index (χ1v) is 8.16. The number of rotatable bonds is 7. The number of esters is 1. The summed E-state index contributed by atoms with van der Waals surface area (Å²) in [7, 11) is 0. The number of halogens is 3. The minimum atomic E-state index is -4.55. The Morgan fingerprint density at radius 1 is 1.25 bits per heavy atom. The van der Waals surface area contributed by atoms with Crippen LogP contribution in [0, 0.1) is 10.1 Å². The Bertz CT molecular complexity index is 871. The zero-order valence-electron chi connectivity index (χ0n) is 14.7. The van der Waals surface area contributed by atoms with E-state index < -0.39 is 28.7 Å². The first kappa shape index (κ1) is 21.2. The van der Waals surface area contributed by atoms with Crippen molar-refractivity contribution >= 4 is 11.7 Å². The van der Waals surface area contributed by atoms with Crippen LogP contribution in [0.25, 0.3) is 0 Å². The number of hydrogen-bond donors (Lipinski definition) is 1. The molecule has 0 radical (unpaired) electrons. The molecule has 0 saturated heterocycles. The highest BCUT2D eigenvalue weighted by Crippen LogP contribution is 2.34. The molecule has 2 aromatic rings. The first-order valence-electron chi connectivity index (χ1n) is 8.16. The van der Waals surface area contributed by atoms with E-state index in [4.69, 9.17) is 15.2 Å². The Morgan fingerprint density at radius 3 is 2.57 bits per heavy atom. The van der Waals surface area contributed by atoms with E-state index in [0.29, 0.717) is 0 Å². The van der Waals surface area contributed by atoms with E-state index in [1.54, 1.807) is 6.92 Å². The van der Waals surface area contributed by atoms with E-state index in [1.165, 1.54) is 18.2 Å². The molecule has 2 aromatic carbocycles. The Hall–Kier alpha value is -3.14. The Balaban J connectivity index is 2.35. The summed E-state index contributed by atoms with van der Waals surface area (Å²) in [6.45, 7) is 1.70. The summed E-state index contributed by atoms with van der Waals surface area (Å²) in [6, 6.07) is 6.59. The molecule has 7 nitrogen and oxygen atoms in total. The molecule has 28 heavy (non-hydrogen) atoms. The van der Waals surface area contributed by atoms with Gasteiger partial charge in [-0.2, -0.15) is 13.2 Å². The number of benzene rings is 2. The monoisotopic (exact) mass is 398 g/mol. The number of carbonyl (C=O) groups excluding carboxylic acids is 1. The van der Waals surface area contributed by atoms with Gasteiger partial charge in [-0.05, 0) is 31.2 Å². The standard InChI is InChI=1S/C18H17F3N2O5/c1-2-27-17(24)15(22)9-11-8-13(23(25)26)6-7-16(11)28-14-5-3-4-12(10-14)18(19,20)21/h3-8,10,15H,2,9,22H2,1H3. The average Bonchev–Trinajstić information content (AvgIpc) is 2.62. The highest BCUT2D eigenvalue weighted by molar-refractivity contribution is 5.76. The molecule has 0 heterocycles. The fourth-order valence-electron chi connectivity index (χ4n) is 2.37. The third-order valence-electron chi connectivity index (χ3n) is 3.67. The van der Waals surface area contributed by atoms with E-state index in [0.717, 1.165) is 24.3 Å². The second kappa shape index (κ2) is 8.70. The number of nitrogens with two attached hydrogens (primary N) is 1. The van der Waals surface area contributed by atoms with Gasteiger partial charge in [-0.15, -0.1) is 0 Å². The summed E-state index contributed by atoms with van der Waals surface area (Å²) in [5, 5.41) is 11.0. The molecule has 2 rings (SSSR count). The van der Waals surface area contributed by atoms with Gasteiger partial charge in [0.05, 0.1) is 17.1 Å². The quantitative estimate of drug-likeness (QED) is 0.432. The lowest BCUT2D eigenvalue weighted by atomic mass is 10.0. The second-order valence-corrected chi connectivity index (χ2v) is 5.74. The Kier molecular flexibility index (Phi) is 6.57. The van der Waals surface area contributed by atoms with Crippen LogP contribution in [0.4, 0.5) is 18.9 Å². The molecule has 1 unspecified atom stereocenters. The van der Waals surface area contributed by atoms with Crippen LogP contribution in [0.15, 0.2) is 42.5 Å². The van der Waals surface area contributed by atoms with E-state index >= 15 is 0 Å². The maximum Gasteiger partial charge on any atom is 0.416 e. The number of alkyl halides is 3. The van der Waals surface area contributed by atoms with Gasteiger partial charge in [-0.1, -0.05) is 6.07 Å². The highest BCUT2D eigenvalue weighted by atomic mass is 19.4. The van der Waals surface area contributed by atoms with Crippen molar-refractivity contribution in [1.29, 1.82) is 0 Å². The van der Waals surface area contributed by atoms with Crippen LogP contribution in [0.5, 0.6) is 11.5 Å². The number of nitro groups is 1. The number of hydrogen-bond acceptors (Lipinski definition) is 6. The van der Waals surface area contributed by atoms with Crippen LogP contribution in [0.2, 0.25) is 0 Å². The topological polar surface area (TPSA) is 105 Å². The van der Waals surface area contributed by atoms with Gasteiger partial charge in [0, 0.05) is 24.1 Å². The molecular weight excluding hydrogens is 381 g/mol. The lowest BCUT2D eigenvalue weighted by Crippen LogP contribution is -2.34. The normalized spacial score (nSPS) is 12.3. The summed E-state index contributed by atoms with van der Waals surface area (Å²) >= 11 is 0.